The molecular weight excluding hydrogens is 539 g/mol. The van der Waals surface area contributed by atoms with Gasteiger partial charge in [-0.05, 0) is 43.4 Å². The Bertz CT molecular complexity index is 1370. The Morgan fingerprint density at radius 3 is 2.59 bits per heavy atom. The van der Waals surface area contributed by atoms with Gasteiger partial charge in [-0.1, -0.05) is 11.6 Å². The number of halogens is 4. The first-order valence-corrected chi connectivity index (χ1v) is 12.5. The van der Waals surface area contributed by atoms with Crippen LogP contribution in [0, 0.1) is 0 Å². The van der Waals surface area contributed by atoms with Crippen molar-refractivity contribution in [1.82, 2.24) is 14.9 Å². The summed E-state index contributed by atoms with van der Waals surface area (Å²) in [6, 6.07) is 7.32. The zero-order valence-corrected chi connectivity index (χ0v) is 21.6. The van der Waals surface area contributed by atoms with Crippen LogP contribution in [0.1, 0.15) is 5.56 Å². The number of rotatable bonds is 5. The van der Waals surface area contributed by atoms with Crippen molar-refractivity contribution in [1.29, 1.82) is 0 Å². The highest BCUT2D eigenvalue weighted by Crippen LogP contribution is 2.39. The van der Waals surface area contributed by atoms with Gasteiger partial charge in [0.05, 0.1) is 17.1 Å². The molecule has 2 aromatic carbocycles. The van der Waals surface area contributed by atoms with Crippen LogP contribution in [-0.4, -0.2) is 67.3 Å². The summed E-state index contributed by atoms with van der Waals surface area (Å²) in [5.41, 5.74) is -0.128. The predicted octanol–water partition coefficient (Wildman–Crippen LogP) is 5.14. The van der Waals surface area contributed by atoms with E-state index in [1.807, 2.05) is 11.9 Å². The Kier molecular flexibility index (Phi) is 7.53. The normalized spacial score (nSPS) is 15.6. The predicted molar refractivity (Wildman–Crippen MR) is 141 cm³/mol. The summed E-state index contributed by atoms with van der Waals surface area (Å²) >= 11 is 6.36. The lowest BCUT2D eigenvalue weighted by atomic mass is 10.1. The van der Waals surface area contributed by atoms with Crippen molar-refractivity contribution >= 4 is 40.5 Å². The van der Waals surface area contributed by atoms with E-state index in [1.165, 1.54) is 30.6 Å². The van der Waals surface area contributed by atoms with Crippen LogP contribution in [0.15, 0.2) is 42.7 Å². The number of ether oxygens (including phenoxy) is 2. The van der Waals surface area contributed by atoms with E-state index in [0.717, 1.165) is 25.2 Å². The molecule has 5 rings (SSSR count). The second kappa shape index (κ2) is 11.0. The SMILES string of the molecule is CN1CCN(c2cc(NC(=O)Nc3ccc(Oc4ncnc5c4OCCN5)c(Cl)c3)cc(C(F)(F)F)c2)CC1. The summed E-state index contributed by atoms with van der Waals surface area (Å²) in [4.78, 5) is 24.8. The average molecular weight is 564 g/mol. The van der Waals surface area contributed by atoms with Crippen molar-refractivity contribution in [3.8, 4) is 17.4 Å². The Morgan fingerprint density at radius 2 is 1.85 bits per heavy atom. The van der Waals surface area contributed by atoms with E-state index in [4.69, 9.17) is 21.1 Å². The van der Waals surface area contributed by atoms with Gasteiger partial charge in [-0.25, -0.2) is 9.78 Å². The van der Waals surface area contributed by atoms with Gasteiger partial charge in [0.25, 0.3) is 5.88 Å². The Hall–Kier alpha value is -3.97. The van der Waals surface area contributed by atoms with Crippen LogP contribution in [0.3, 0.4) is 0 Å². The molecule has 0 bridgehead atoms. The molecule has 2 amide bonds. The minimum Gasteiger partial charge on any atom is -0.483 e. The summed E-state index contributed by atoms with van der Waals surface area (Å²) in [6.45, 7) is 3.64. The molecule has 206 valence electrons. The molecule has 1 fully saturated rings. The molecule has 1 saturated heterocycles. The number of anilines is 4. The molecular formula is C25H25ClF3N7O3. The molecule has 0 spiro atoms. The third-order valence-corrected chi connectivity index (χ3v) is 6.48. The Balaban J connectivity index is 1.28. The standard InChI is InChI=1S/C25H25ClF3N7O3/c1-35-5-7-36(8-6-35)18-11-15(25(27,28)29)10-17(12-18)34-24(37)33-16-2-3-20(19(26)13-16)39-23-21-22(31-14-32-23)30-4-9-38-21/h2-3,10-14H,4-9H2,1H3,(H,30,31,32)(H2,33,34,37). The number of likely N-dealkylation sites (N-methyl/N-ethyl adjacent to an activating group) is 1. The monoisotopic (exact) mass is 563 g/mol. The van der Waals surface area contributed by atoms with Gasteiger partial charge in [-0.15, -0.1) is 0 Å². The van der Waals surface area contributed by atoms with Crippen LogP contribution in [0.5, 0.6) is 17.4 Å². The number of benzene rings is 2. The number of carbonyl (C=O) groups excluding carboxylic acids is 1. The maximum atomic E-state index is 13.6. The molecule has 0 unspecified atom stereocenters. The van der Waals surface area contributed by atoms with Gasteiger partial charge in [0.2, 0.25) is 5.75 Å². The summed E-state index contributed by atoms with van der Waals surface area (Å²) in [7, 11) is 1.96. The van der Waals surface area contributed by atoms with Crippen molar-refractivity contribution in [2.75, 3.05) is 67.2 Å². The van der Waals surface area contributed by atoms with Gasteiger partial charge < -0.3 is 35.2 Å². The topological polar surface area (TPSA) is 104 Å². The number of aromatic nitrogens is 2. The molecule has 39 heavy (non-hydrogen) atoms. The Morgan fingerprint density at radius 1 is 1.08 bits per heavy atom. The molecule has 3 aromatic rings. The third kappa shape index (κ3) is 6.37. The zero-order chi connectivity index (χ0) is 27.6. The molecule has 14 heteroatoms. The van der Waals surface area contributed by atoms with Crippen LogP contribution in [0.4, 0.5) is 40.8 Å². The maximum absolute atomic E-state index is 13.6. The number of alkyl halides is 3. The largest absolute Gasteiger partial charge is 0.483 e. The highest BCUT2D eigenvalue weighted by Gasteiger charge is 2.32. The van der Waals surface area contributed by atoms with Crippen LogP contribution >= 0.6 is 11.6 Å². The van der Waals surface area contributed by atoms with E-state index < -0.39 is 17.8 Å². The van der Waals surface area contributed by atoms with E-state index in [1.54, 1.807) is 0 Å². The van der Waals surface area contributed by atoms with E-state index in [-0.39, 0.29) is 22.3 Å². The van der Waals surface area contributed by atoms with Crippen molar-refractivity contribution in [2.45, 2.75) is 6.18 Å². The highest BCUT2D eigenvalue weighted by atomic mass is 35.5. The smallest absolute Gasteiger partial charge is 0.416 e. The lowest BCUT2D eigenvalue weighted by Crippen LogP contribution is -2.44. The fourth-order valence-electron chi connectivity index (χ4n) is 4.16. The number of fused-ring (bicyclic) bond motifs is 1. The lowest BCUT2D eigenvalue weighted by molar-refractivity contribution is -0.137. The lowest BCUT2D eigenvalue weighted by Gasteiger charge is -2.34. The molecule has 3 heterocycles. The van der Waals surface area contributed by atoms with Crippen LogP contribution in [0.2, 0.25) is 5.02 Å². The molecule has 2 aliphatic rings. The first-order chi connectivity index (χ1) is 18.7. The summed E-state index contributed by atoms with van der Waals surface area (Å²) < 4.78 is 52.2. The molecule has 0 radical (unpaired) electrons. The molecule has 0 saturated carbocycles. The first kappa shape index (κ1) is 26.6. The fraction of sp³-hybridized carbons (Fsp3) is 0.320. The number of hydrogen-bond donors (Lipinski definition) is 3. The van der Waals surface area contributed by atoms with Gasteiger partial charge in [-0.2, -0.15) is 18.2 Å². The number of carbonyl (C=O) groups is 1. The van der Waals surface area contributed by atoms with E-state index >= 15 is 0 Å². The quantitative estimate of drug-likeness (QED) is 0.392. The molecule has 0 aliphatic carbocycles. The number of nitrogens with zero attached hydrogens (tertiary/aromatic N) is 4. The fourth-order valence-corrected chi connectivity index (χ4v) is 4.38. The molecule has 0 atom stereocenters. The van der Waals surface area contributed by atoms with Crippen LogP contribution < -0.4 is 30.3 Å². The first-order valence-electron chi connectivity index (χ1n) is 12.1. The zero-order valence-electron chi connectivity index (χ0n) is 20.8. The van der Waals surface area contributed by atoms with Crippen LogP contribution in [-0.2, 0) is 6.18 Å². The average Bonchev–Trinajstić information content (AvgIpc) is 2.90. The van der Waals surface area contributed by atoms with Gasteiger partial charge in [0, 0.05) is 43.2 Å². The van der Waals surface area contributed by atoms with Crippen molar-refractivity contribution in [3.63, 3.8) is 0 Å². The number of urea groups is 1. The van der Waals surface area contributed by atoms with E-state index in [9.17, 15) is 18.0 Å². The van der Waals surface area contributed by atoms with Gasteiger partial charge in [-0.3, -0.25) is 0 Å². The van der Waals surface area contributed by atoms with E-state index in [2.05, 4.69) is 30.8 Å². The highest BCUT2D eigenvalue weighted by molar-refractivity contribution is 6.32. The molecule has 2 aliphatic heterocycles. The van der Waals surface area contributed by atoms with Crippen molar-refractivity contribution in [3.05, 3.63) is 53.3 Å². The maximum Gasteiger partial charge on any atom is 0.416 e. The van der Waals surface area contributed by atoms with Crippen molar-refractivity contribution < 1.29 is 27.4 Å². The van der Waals surface area contributed by atoms with E-state index in [0.29, 0.717) is 49.2 Å². The molecule has 10 nitrogen and oxygen atoms in total. The second-order valence-electron chi connectivity index (χ2n) is 9.01. The van der Waals surface area contributed by atoms with Crippen LogP contribution in [0.25, 0.3) is 0 Å². The second-order valence-corrected chi connectivity index (χ2v) is 9.42. The molecule has 3 N–H and O–H groups in total. The summed E-state index contributed by atoms with van der Waals surface area (Å²) in [5, 5.41) is 8.33. The summed E-state index contributed by atoms with van der Waals surface area (Å²) in [6.07, 6.45) is -3.24. The number of amides is 2. The number of piperazine rings is 1. The minimum atomic E-state index is -4.57. The van der Waals surface area contributed by atoms with Crippen molar-refractivity contribution in [2.24, 2.45) is 0 Å². The van der Waals surface area contributed by atoms with Gasteiger partial charge in [0.15, 0.2) is 5.82 Å². The Labute approximate surface area is 227 Å². The minimum absolute atomic E-state index is 0.0180. The summed E-state index contributed by atoms with van der Waals surface area (Å²) in [5.74, 6) is 1.29. The van der Waals surface area contributed by atoms with Gasteiger partial charge >= 0.3 is 12.2 Å². The number of nitrogens with one attached hydrogen (secondary N) is 3. The number of hydrogen-bond acceptors (Lipinski definition) is 8. The third-order valence-electron chi connectivity index (χ3n) is 6.18. The molecule has 1 aromatic heterocycles. The van der Waals surface area contributed by atoms with Gasteiger partial charge in [0.1, 0.15) is 18.7 Å².